The van der Waals surface area contributed by atoms with E-state index in [4.69, 9.17) is 9.47 Å². The van der Waals surface area contributed by atoms with Crippen molar-refractivity contribution < 1.29 is 19.4 Å². The van der Waals surface area contributed by atoms with Crippen molar-refractivity contribution in [1.82, 2.24) is 0 Å². The standard InChI is InChI=1S/C26H35NO4/c1-14(2)18-9-11-19(12-10-18)23(28)21-17(5)22(27-25(29)31-26(6,7)8)16(4)20-13-15(3)30-24(20)21/h9-12,14-15,23,28H,13H2,1-8H3,(H,27,29). The summed E-state index contributed by atoms with van der Waals surface area (Å²) in [5.41, 5.74) is 5.57. The molecule has 2 N–H and O–H groups in total. The zero-order valence-corrected chi connectivity index (χ0v) is 19.9. The normalized spacial score (nSPS) is 16.6. The molecule has 2 unspecified atom stereocenters. The number of benzene rings is 2. The maximum absolute atomic E-state index is 12.5. The van der Waals surface area contributed by atoms with E-state index in [0.29, 0.717) is 17.2 Å². The summed E-state index contributed by atoms with van der Waals surface area (Å²) >= 11 is 0. The van der Waals surface area contributed by atoms with E-state index in [1.807, 2.05) is 53.7 Å². The maximum atomic E-state index is 12.5. The van der Waals surface area contributed by atoms with Gasteiger partial charge < -0.3 is 14.6 Å². The lowest BCUT2D eigenvalue weighted by Crippen LogP contribution is -2.28. The van der Waals surface area contributed by atoms with Gasteiger partial charge in [0.15, 0.2) is 0 Å². The van der Waals surface area contributed by atoms with Crippen molar-refractivity contribution in [3.05, 3.63) is 57.6 Å². The third-order valence-corrected chi connectivity index (χ3v) is 5.75. The molecule has 1 amide bonds. The summed E-state index contributed by atoms with van der Waals surface area (Å²) in [6.07, 6.45) is -0.622. The number of carbonyl (C=O) groups excluding carboxylic acids is 1. The van der Waals surface area contributed by atoms with Gasteiger partial charge in [0.1, 0.15) is 23.6 Å². The molecule has 1 heterocycles. The van der Waals surface area contributed by atoms with Crippen LogP contribution in [0, 0.1) is 13.8 Å². The van der Waals surface area contributed by atoms with E-state index >= 15 is 0 Å². The third kappa shape index (κ3) is 4.87. The van der Waals surface area contributed by atoms with Crippen molar-refractivity contribution >= 4 is 11.8 Å². The van der Waals surface area contributed by atoms with Gasteiger partial charge in [-0.15, -0.1) is 0 Å². The Morgan fingerprint density at radius 2 is 1.71 bits per heavy atom. The molecule has 3 rings (SSSR count). The lowest BCUT2D eigenvalue weighted by atomic mass is 9.89. The van der Waals surface area contributed by atoms with Crippen LogP contribution >= 0.6 is 0 Å². The van der Waals surface area contributed by atoms with E-state index in [0.717, 1.165) is 34.4 Å². The Kier molecular flexibility index (Phi) is 6.38. The van der Waals surface area contributed by atoms with Crippen LogP contribution in [0.25, 0.3) is 0 Å². The second kappa shape index (κ2) is 8.54. The Bertz CT molecular complexity index is 971. The summed E-state index contributed by atoms with van der Waals surface area (Å²) in [6, 6.07) is 8.03. The van der Waals surface area contributed by atoms with Crippen LogP contribution in [0.4, 0.5) is 10.5 Å². The van der Waals surface area contributed by atoms with Gasteiger partial charge in [-0.25, -0.2) is 4.79 Å². The fourth-order valence-corrected chi connectivity index (χ4v) is 4.13. The first-order chi connectivity index (χ1) is 14.4. The molecule has 5 nitrogen and oxygen atoms in total. The van der Waals surface area contributed by atoms with Gasteiger partial charge in [-0.05, 0) is 69.7 Å². The van der Waals surface area contributed by atoms with Gasteiger partial charge in [-0.1, -0.05) is 38.1 Å². The highest BCUT2D eigenvalue weighted by atomic mass is 16.6. The molecule has 2 atom stereocenters. The van der Waals surface area contributed by atoms with Crippen LogP contribution in [-0.2, 0) is 11.2 Å². The zero-order chi connectivity index (χ0) is 23.1. The number of carbonyl (C=O) groups is 1. The Morgan fingerprint density at radius 3 is 2.26 bits per heavy atom. The molecule has 31 heavy (non-hydrogen) atoms. The molecule has 0 bridgehead atoms. The second-order valence-corrected chi connectivity index (χ2v) is 9.83. The summed E-state index contributed by atoms with van der Waals surface area (Å²) in [7, 11) is 0. The van der Waals surface area contributed by atoms with Crippen molar-refractivity contribution in [3.63, 3.8) is 0 Å². The van der Waals surface area contributed by atoms with E-state index in [-0.39, 0.29) is 6.10 Å². The predicted octanol–water partition coefficient (Wildman–Crippen LogP) is 6.18. The lowest BCUT2D eigenvalue weighted by molar-refractivity contribution is 0.0635. The fourth-order valence-electron chi connectivity index (χ4n) is 4.13. The molecule has 0 fully saturated rings. The average Bonchev–Trinajstić information content (AvgIpc) is 3.05. The number of anilines is 1. The highest BCUT2D eigenvalue weighted by Crippen LogP contribution is 2.46. The minimum absolute atomic E-state index is 0.0131. The molecule has 1 aliphatic rings. The quantitative estimate of drug-likeness (QED) is 0.614. The largest absolute Gasteiger partial charge is 0.490 e. The minimum Gasteiger partial charge on any atom is -0.490 e. The molecule has 2 aromatic carbocycles. The number of hydrogen-bond acceptors (Lipinski definition) is 4. The van der Waals surface area contributed by atoms with Gasteiger partial charge in [-0.3, -0.25) is 5.32 Å². The molecule has 0 saturated carbocycles. The van der Waals surface area contributed by atoms with E-state index in [2.05, 4.69) is 31.3 Å². The monoisotopic (exact) mass is 425 g/mol. The fraction of sp³-hybridized carbons (Fsp3) is 0.500. The lowest BCUT2D eigenvalue weighted by Gasteiger charge is -2.25. The van der Waals surface area contributed by atoms with Crippen LogP contribution in [-0.4, -0.2) is 22.9 Å². The van der Waals surface area contributed by atoms with E-state index in [1.165, 1.54) is 5.56 Å². The minimum atomic E-state index is -0.861. The number of fused-ring (bicyclic) bond motifs is 1. The predicted molar refractivity (Wildman–Crippen MR) is 124 cm³/mol. The van der Waals surface area contributed by atoms with Crippen LogP contribution in [0.1, 0.15) is 86.9 Å². The van der Waals surface area contributed by atoms with E-state index < -0.39 is 17.8 Å². The maximum Gasteiger partial charge on any atom is 0.412 e. The summed E-state index contributed by atoms with van der Waals surface area (Å²) < 4.78 is 11.6. The molecule has 0 spiro atoms. The van der Waals surface area contributed by atoms with E-state index in [1.54, 1.807) is 0 Å². The molecular formula is C26H35NO4. The highest BCUT2D eigenvalue weighted by molar-refractivity contribution is 5.89. The Hall–Kier alpha value is -2.53. The number of amides is 1. The van der Waals surface area contributed by atoms with Crippen LogP contribution in [0.15, 0.2) is 24.3 Å². The zero-order valence-electron chi connectivity index (χ0n) is 19.9. The molecule has 0 aliphatic carbocycles. The van der Waals surface area contributed by atoms with Crippen molar-refractivity contribution in [2.75, 3.05) is 5.32 Å². The van der Waals surface area contributed by atoms with Gasteiger partial charge in [0, 0.05) is 17.5 Å². The Morgan fingerprint density at radius 1 is 1.13 bits per heavy atom. The number of hydrogen-bond donors (Lipinski definition) is 2. The number of aliphatic hydroxyl groups excluding tert-OH is 1. The van der Waals surface area contributed by atoms with Gasteiger partial charge in [0.25, 0.3) is 0 Å². The molecular weight excluding hydrogens is 390 g/mol. The van der Waals surface area contributed by atoms with Crippen LogP contribution in [0.2, 0.25) is 0 Å². The SMILES string of the molecule is Cc1c2c(c(C(O)c3ccc(C(C)C)cc3)c(C)c1NC(=O)OC(C)(C)C)OC(C)C2. The van der Waals surface area contributed by atoms with Gasteiger partial charge >= 0.3 is 6.09 Å². The van der Waals surface area contributed by atoms with Crippen LogP contribution < -0.4 is 10.1 Å². The van der Waals surface area contributed by atoms with Crippen molar-refractivity contribution in [1.29, 1.82) is 0 Å². The van der Waals surface area contributed by atoms with Crippen molar-refractivity contribution in [2.45, 2.75) is 85.5 Å². The summed E-state index contributed by atoms with van der Waals surface area (Å²) in [6.45, 7) is 15.7. The molecule has 0 radical (unpaired) electrons. The van der Waals surface area contributed by atoms with Gasteiger partial charge in [0.05, 0.1) is 5.69 Å². The van der Waals surface area contributed by atoms with Gasteiger partial charge in [-0.2, -0.15) is 0 Å². The average molecular weight is 426 g/mol. The smallest absolute Gasteiger partial charge is 0.412 e. The number of aliphatic hydroxyl groups is 1. The number of rotatable bonds is 4. The molecule has 0 saturated heterocycles. The topological polar surface area (TPSA) is 67.8 Å². The molecule has 5 heteroatoms. The van der Waals surface area contributed by atoms with E-state index in [9.17, 15) is 9.90 Å². The number of ether oxygens (including phenoxy) is 2. The van der Waals surface area contributed by atoms with Crippen LogP contribution in [0.5, 0.6) is 5.75 Å². The van der Waals surface area contributed by atoms with Crippen LogP contribution in [0.3, 0.4) is 0 Å². The van der Waals surface area contributed by atoms with Crippen molar-refractivity contribution in [2.24, 2.45) is 0 Å². The number of nitrogens with one attached hydrogen (secondary N) is 1. The summed E-state index contributed by atoms with van der Waals surface area (Å²) in [5, 5.41) is 14.3. The first-order valence-electron chi connectivity index (χ1n) is 11.0. The highest BCUT2D eigenvalue weighted by Gasteiger charge is 2.32. The molecule has 168 valence electrons. The second-order valence-electron chi connectivity index (χ2n) is 9.83. The molecule has 0 aromatic heterocycles. The Balaban J connectivity index is 2.07. The Labute approximate surface area is 185 Å². The summed E-state index contributed by atoms with van der Waals surface area (Å²) in [4.78, 5) is 12.5. The van der Waals surface area contributed by atoms with Gasteiger partial charge in [0.2, 0.25) is 0 Å². The molecule has 1 aliphatic heterocycles. The summed E-state index contributed by atoms with van der Waals surface area (Å²) in [5.74, 6) is 1.16. The van der Waals surface area contributed by atoms with Crippen molar-refractivity contribution in [3.8, 4) is 5.75 Å². The first-order valence-corrected chi connectivity index (χ1v) is 11.0. The molecule has 2 aromatic rings. The first kappa shape index (κ1) is 23.1. The third-order valence-electron chi connectivity index (χ3n) is 5.75.